The van der Waals surface area contributed by atoms with Crippen LogP contribution in [0, 0.1) is 25.2 Å². The minimum absolute atomic E-state index is 0.0612. The molecule has 9 heteroatoms. The van der Waals surface area contributed by atoms with Crippen LogP contribution in [0.3, 0.4) is 0 Å². The van der Waals surface area contributed by atoms with Gasteiger partial charge in [0.1, 0.15) is 17.4 Å². The van der Waals surface area contributed by atoms with E-state index < -0.39 is 11.4 Å². The predicted octanol–water partition coefficient (Wildman–Crippen LogP) is 5.62. The fourth-order valence-electron chi connectivity index (χ4n) is 6.04. The molecule has 2 aromatic carbocycles. The summed E-state index contributed by atoms with van der Waals surface area (Å²) >= 11 is 0. The van der Waals surface area contributed by atoms with Crippen molar-refractivity contribution in [2.45, 2.75) is 66.2 Å². The fourth-order valence-corrected chi connectivity index (χ4v) is 6.04. The van der Waals surface area contributed by atoms with Crippen molar-refractivity contribution in [2.75, 3.05) is 13.7 Å². The third-order valence-corrected chi connectivity index (χ3v) is 8.48. The number of rotatable bonds is 7. The Bertz CT molecular complexity index is 1600. The number of pyridine rings is 1. The van der Waals surface area contributed by atoms with Crippen molar-refractivity contribution >= 4 is 17.0 Å². The van der Waals surface area contributed by atoms with Gasteiger partial charge < -0.3 is 9.47 Å². The summed E-state index contributed by atoms with van der Waals surface area (Å²) in [4.78, 5) is 19.3. The number of methoxy groups -OCH3 is 1. The van der Waals surface area contributed by atoms with Gasteiger partial charge in [-0.15, -0.1) is 5.10 Å². The van der Waals surface area contributed by atoms with E-state index in [0.29, 0.717) is 30.9 Å². The van der Waals surface area contributed by atoms with Gasteiger partial charge in [-0.2, -0.15) is 4.39 Å². The van der Waals surface area contributed by atoms with Crippen LogP contribution >= 0.6 is 0 Å². The van der Waals surface area contributed by atoms with Gasteiger partial charge in [-0.25, -0.2) is 9.67 Å². The summed E-state index contributed by atoms with van der Waals surface area (Å²) in [5, 5.41) is 8.61. The summed E-state index contributed by atoms with van der Waals surface area (Å²) in [6, 6.07) is 12.2. The van der Waals surface area contributed by atoms with Crippen molar-refractivity contribution in [1.82, 2.24) is 24.9 Å². The Morgan fingerprint density at radius 3 is 2.73 bits per heavy atom. The molecule has 5 rings (SSSR count). The Kier molecular flexibility index (Phi) is 7.83. The molecule has 0 fully saturated rings. The highest BCUT2D eigenvalue weighted by Crippen LogP contribution is 2.44. The largest absolute Gasteiger partial charge is 0.489 e. The van der Waals surface area contributed by atoms with Crippen molar-refractivity contribution < 1.29 is 18.7 Å². The second kappa shape index (κ2) is 11.2. The molecular weight excluding hydrogens is 521 g/mol. The lowest BCUT2D eigenvalue weighted by Gasteiger charge is -2.34. The van der Waals surface area contributed by atoms with Crippen molar-refractivity contribution in [1.29, 1.82) is 0 Å². The second-order valence-corrected chi connectivity index (χ2v) is 11.6. The van der Waals surface area contributed by atoms with Crippen LogP contribution in [0.15, 0.2) is 42.6 Å². The first-order chi connectivity index (χ1) is 19.5. The molecule has 0 N–H and O–H groups in total. The molecule has 0 aliphatic carbocycles. The summed E-state index contributed by atoms with van der Waals surface area (Å²) in [7, 11) is 3.30. The van der Waals surface area contributed by atoms with Gasteiger partial charge in [0.25, 0.3) is 0 Å². The second-order valence-electron chi connectivity index (χ2n) is 11.6. The van der Waals surface area contributed by atoms with E-state index in [9.17, 15) is 9.18 Å². The van der Waals surface area contributed by atoms with Crippen LogP contribution in [0.5, 0.6) is 5.75 Å². The van der Waals surface area contributed by atoms with E-state index in [4.69, 9.17) is 9.47 Å². The first-order valence-electron chi connectivity index (χ1n) is 14.0. The molecule has 1 aliphatic rings. The molecule has 0 bridgehead atoms. The Labute approximate surface area is 240 Å². The van der Waals surface area contributed by atoms with Crippen LogP contribution in [-0.4, -0.2) is 50.6 Å². The molecule has 3 heterocycles. The molecule has 2 aromatic heterocycles. The molecule has 8 nitrogen and oxygen atoms in total. The normalized spacial score (nSPS) is 16.6. The third-order valence-electron chi connectivity index (χ3n) is 8.48. The van der Waals surface area contributed by atoms with E-state index in [1.54, 1.807) is 10.7 Å². The highest BCUT2D eigenvalue weighted by molar-refractivity contribution is 5.82. The zero-order valence-electron chi connectivity index (χ0n) is 24.9. The number of nitrogens with zero attached hydrogens (tertiary/aromatic N) is 5. The van der Waals surface area contributed by atoms with Gasteiger partial charge in [-0.3, -0.25) is 9.69 Å². The Balaban J connectivity index is 1.58. The van der Waals surface area contributed by atoms with Crippen LogP contribution in [0.4, 0.5) is 4.39 Å². The Morgan fingerprint density at radius 2 is 2.00 bits per heavy atom. The summed E-state index contributed by atoms with van der Waals surface area (Å²) in [5.74, 6) is -0.533. The molecule has 216 valence electrons. The summed E-state index contributed by atoms with van der Waals surface area (Å²) in [6.07, 6.45) is 2.19. The van der Waals surface area contributed by atoms with E-state index >= 15 is 0 Å². The van der Waals surface area contributed by atoms with Crippen LogP contribution in [0.2, 0.25) is 0 Å². The number of hydrogen-bond donors (Lipinski definition) is 0. The number of aromatic nitrogens is 4. The number of ether oxygens (including phenoxy) is 2. The lowest BCUT2D eigenvalue weighted by molar-refractivity contribution is -0.151. The van der Waals surface area contributed by atoms with Crippen molar-refractivity contribution in [3.63, 3.8) is 0 Å². The van der Waals surface area contributed by atoms with Gasteiger partial charge >= 0.3 is 5.97 Å². The summed E-state index contributed by atoms with van der Waals surface area (Å²) in [5.41, 5.74) is 6.56. The van der Waals surface area contributed by atoms with Crippen LogP contribution < -0.4 is 4.74 Å². The highest BCUT2D eigenvalue weighted by Gasteiger charge is 2.41. The molecule has 0 amide bonds. The number of benzene rings is 2. The van der Waals surface area contributed by atoms with Crippen LogP contribution in [0.1, 0.15) is 66.5 Å². The maximum absolute atomic E-state index is 14.8. The van der Waals surface area contributed by atoms with Gasteiger partial charge in [0.05, 0.1) is 23.6 Å². The Hall–Kier alpha value is -3.85. The summed E-state index contributed by atoms with van der Waals surface area (Å²) in [6.45, 7) is 11.7. The minimum Gasteiger partial charge on any atom is -0.489 e. The van der Waals surface area contributed by atoms with Gasteiger partial charge in [-0.1, -0.05) is 36.4 Å². The quantitative estimate of drug-likeness (QED) is 0.215. The number of aryl methyl sites for hydroxylation is 3. The minimum atomic E-state index is -0.876. The van der Waals surface area contributed by atoms with Crippen molar-refractivity contribution in [2.24, 2.45) is 12.5 Å². The predicted molar refractivity (Wildman–Crippen MR) is 155 cm³/mol. The number of halogens is 1. The molecule has 1 aliphatic heterocycles. The summed E-state index contributed by atoms with van der Waals surface area (Å²) < 4.78 is 27.9. The van der Waals surface area contributed by atoms with Gasteiger partial charge in [-0.05, 0) is 74.1 Å². The number of esters is 1. The number of carbonyl (C=O) groups is 1. The molecule has 0 saturated carbocycles. The molecule has 0 saturated heterocycles. The molecule has 41 heavy (non-hydrogen) atoms. The molecule has 0 spiro atoms. The first kappa shape index (κ1) is 28.7. The van der Waals surface area contributed by atoms with Crippen molar-refractivity contribution in [3.05, 3.63) is 81.9 Å². The number of hydrogen-bond acceptors (Lipinski definition) is 7. The van der Waals surface area contributed by atoms with E-state index in [0.717, 1.165) is 45.3 Å². The molecule has 0 unspecified atom stereocenters. The van der Waals surface area contributed by atoms with E-state index in [1.807, 2.05) is 33.9 Å². The van der Waals surface area contributed by atoms with E-state index in [-0.39, 0.29) is 18.0 Å². The molecule has 0 radical (unpaired) electrons. The SMILES string of the molecule is CC[C@@H]1CN(Cc2cc([C@@H](c3ccc4c(nnn4C)c3C)C(C)(C)C(=O)OC)ccc2C)Cc2c(ccnc2F)O1. The lowest BCUT2D eigenvalue weighted by atomic mass is 9.69. The Morgan fingerprint density at radius 1 is 1.22 bits per heavy atom. The monoisotopic (exact) mass is 559 g/mol. The van der Waals surface area contributed by atoms with E-state index in [2.05, 4.69) is 58.3 Å². The van der Waals surface area contributed by atoms with Crippen LogP contribution in [0.25, 0.3) is 11.0 Å². The highest BCUT2D eigenvalue weighted by atomic mass is 19.1. The number of carbonyl (C=O) groups excluding carboxylic acids is 1. The standard InChI is InChI=1S/C32H38FN5O3/c1-8-23-17-38(18-25-27(41-23)13-14-34-30(25)33)16-22-15-21(10-9-19(22)2)28(32(4,5)31(39)40-7)24-11-12-26-29(20(24)3)35-36-37(26)6/h9-15,23,28H,8,16-18H2,1-7H3/t23-,28+/m1/s1. The maximum atomic E-state index is 14.8. The zero-order chi connectivity index (χ0) is 29.5. The van der Waals surface area contributed by atoms with Gasteiger partial charge in [0.15, 0.2) is 0 Å². The lowest BCUT2D eigenvalue weighted by Crippen LogP contribution is -2.34. The first-order valence-corrected chi connectivity index (χ1v) is 14.0. The average Bonchev–Trinajstić information content (AvgIpc) is 3.22. The fraction of sp³-hybridized carbons (Fsp3) is 0.438. The van der Waals surface area contributed by atoms with Gasteiger partial charge in [0.2, 0.25) is 5.95 Å². The van der Waals surface area contributed by atoms with Crippen LogP contribution in [-0.2, 0) is 29.7 Å². The number of fused-ring (bicyclic) bond motifs is 2. The van der Waals surface area contributed by atoms with Crippen molar-refractivity contribution in [3.8, 4) is 5.75 Å². The third kappa shape index (κ3) is 5.30. The smallest absolute Gasteiger partial charge is 0.312 e. The average molecular weight is 560 g/mol. The molecule has 2 atom stereocenters. The van der Waals surface area contributed by atoms with Gasteiger partial charge in [0, 0.05) is 38.8 Å². The van der Waals surface area contributed by atoms with E-state index in [1.165, 1.54) is 13.3 Å². The topological polar surface area (TPSA) is 82.4 Å². The zero-order valence-corrected chi connectivity index (χ0v) is 24.9. The molecule has 4 aromatic rings. The maximum Gasteiger partial charge on any atom is 0.312 e. The molecular formula is C32H38FN5O3.